The third kappa shape index (κ3) is 3.71. The second-order valence-corrected chi connectivity index (χ2v) is 12.2. The number of halogens is 1. The summed E-state index contributed by atoms with van der Waals surface area (Å²) in [5.41, 5.74) is 1.36. The summed E-state index contributed by atoms with van der Waals surface area (Å²) < 4.78 is -0.890. The first-order valence-electron chi connectivity index (χ1n) is 12.0. The molecule has 3 aliphatic rings. The highest BCUT2D eigenvalue weighted by Gasteiger charge is 2.77. The Labute approximate surface area is 215 Å². The second-order valence-electron chi connectivity index (χ2n) is 10.3. The van der Waals surface area contributed by atoms with Crippen molar-refractivity contribution in [3.05, 3.63) is 41.4 Å². The van der Waals surface area contributed by atoms with E-state index in [4.69, 9.17) is 11.6 Å². The Morgan fingerprint density at radius 2 is 2.09 bits per heavy atom. The number of likely N-dealkylation sites (tertiary alicyclic amines) is 1. The number of hydrogen-bond acceptors (Lipinski definition) is 5. The lowest BCUT2D eigenvalue weighted by Gasteiger charge is -2.43. The summed E-state index contributed by atoms with van der Waals surface area (Å²) in [6.45, 7) is 11.4. The Hall–Kier alpha value is -2.03. The molecule has 2 N–H and O–H groups in total. The summed E-state index contributed by atoms with van der Waals surface area (Å²) in [6.07, 6.45) is 2.24. The largest absolute Gasteiger partial charge is 0.481 e. The number of carboxylic acids is 1. The maximum absolute atomic E-state index is 14.6. The van der Waals surface area contributed by atoms with Crippen LogP contribution in [-0.4, -0.2) is 68.1 Å². The molecule has 7 atom stereocenters. The Balaban J connectivity index is 1.92. The minimum atomic E-state index is -1.00. The van der Waals surface area contributed by atoms with Gasteiger partial charge in [0.25, 0.3) is 5.91 Å². The van der Waals surface area contributed by atoms with Crippen LogP contribution >= 0.6 is 23.4 Å². The number of hydrogen-bond donors (Lipinski definition) is 2. The smallest absolute Gasteiger partial charge is 0.308 e. The van der Waals surface area contributed by atoms with Crippen molar-refractivity contribution < 1.29 is 24.6 Å². The van der Waals surface area contributed by atoms with E-state index in [-0.39, 0.29) is 42.1 Å². The normalized spacial score (nSPS) is 32.1. The first kappa shape index (κ1) is 26.0. The molecule has 2 bridgehead atoms. The fourth-order valence-electron chi connectivity index (χ4n) is 6.53. The highest BCUT2D eigenvalue weighted by atomic mass is 35.5. The number of thioether (sulfide) groups is 1. The van der Waals surface area contributed by atoms with Crippen molar-refractivity contribution in [1.29, 1.82) is 0 Å². The van der Waals surface area contributed by atoms with E-state index in [1.54, 1.807) is 17.0 Å². The topological polar surface area (TPSA) is 98.2 Å². The van der Waals surface area contributed by atoms with Crippen LogP contribution < -0.4 is 4.90 Å². The second kappa shape index (κ2) is 9.45. The molecule has 190 valence electrons. The third-order valence-electron chi connectivity index (χ3n) is 8.05. The molecule has 0 saturated carbocycles. The van der Waals surface area contributed by atoms with Crippen molar-refractivity contribution in [1.82, 2.24) is 4.90 Å². The lowest BCUT2D eigenvalue weighted by atomic mass is 9.66. The summed E-state index contributed by atoms with van der Waals surface area (Å²) in [7, 11) is 0. The van der Waals surface area contributed by atoms with Gasteiger partial charge in [0.15, 0.2) is 0 Å². The van der Waals surface area contributed by atoms with Crippen molar-refractivity contribution in [2.24, 2.45) is 23.7 Å². The molecule has 3 unspecified atom stereocenters. The molecule has 1 spiro atoms. The van der Waals surface area contributed by atoms with Crippen LogP contribution in [0.4, 0.5) is 5.69 Å². The minimum absolute atomic E-state index is 0.0505. The maximum Gasteiger partial charge on any atom is 0.308 e. The van der Waals surface area contributed by atoms with Crippen LogP contribution in [0.3, 0.4) is 0 Å². The number of aryl methyl sites for hydroxylation is 1. The van der Waals surface area contributed by atoms with E-state index in [1.165, 1.54) is 16.7 Å². The van der Waals surface area contributed by atoms with Gasteiger partial charge in [-0.1, -0.05) is 50.6 Å². The van der Waals surface area contributed by atoms with E-state index < -0.39 is 34.6 Å². The number of benzene rings is 1. The molecule has 0 aromatic heterocycles. The number of amides is 2. The van der Waals surface area contributed by atoms with Gasteiger partial charge < -0.3 is 20.0 Å². The number of carbonyl (C=O) groups excluding carboxylic acids is 2. The number of fused-ring (bicyclic) bond motifs is 1. The average Bonchev–Trinajstić information content (AvgIpc) is 3.37. The summed E-state index contributed by atoms with van der Waals surface area (Å²) in [5, 5.41) is 20.6. The molecule has 1 aromatic rings. The molecule has 4 rings (SSSR count). The summed E-state index contributed by atoms with van der Waals surface area (Å²) in [6, 6.07) is 3.86. The number of aliphatic hydroxyl groups is 1. The van der Waals surface area contributed by atoms with Crippen molar-refractivity contribution in [3.8, 4) is 0 Å². The average molecular weight is 521 g/mol. The van der Waals surface area contributed by atoms with Crippen LogP contribution in [-0.2, 0) is 14.4 Å². The molecule has 2 amide bonds. The number of para-hydroxylation sites is 1. The van der Waals surface area contributed by atoms with Gasteiger partial charge in [-0.25, -0.2) is 0 Å². The van der Waals surface area contributed by atoms with E-state index in [2.05, 4.69) is 6.58 Å². The maximum atomic E-state index is 14.6. The number of anilines is 1. The molecular formula is C26H33ClN2O5S. The number of carbonyl (C=O) groups is 3. The van der Waals surface area contributed by atoms with Crippen molar-refractivity contribution in [3.63, 3.8) is 0 Å². The first-order chi connectivity index (χ1) is 16.5. The van der Waals surface area contributed by atoms with Gasteiger partial charge in [-0.15, -0.1) is 18.3 Å². The number of rotatable bonds is 8. The zero-order valence-corrected chi connectivity index (χ0v) is 22.1. The molecular weight excluding hydrogens is 488 g/mol. The number of nitrogens with zero attached hydrogens (tertiary/aromatic N) is 2. The monoisotopic (exact) mass is 520 g/mol. The zero-order chi connectivity index (χ0) is 25.8. The van der Waals surface area contributed by atoms with Crippen LogP contribution in [0.1, 0.15) is 32.8 Å². The van der Waals surface area contributed by atoms with Gasteiger partial charge in [-0.2, -0.15) is 0 Å². The molecule has 35 heavy (non-hydrogen) atoms. The number of carboxylic acid groups (broad SMARTS) is 1. The lowest BCUT2D eigenvalue weighted by molar-refractivity contribution is -0.150. The molecule has 3 heterocycles. The molecule has 9 heteroatoms. The fraction of sp³-hybridized carbons (Fsp3) is 0.577. The standard InChI is InChI=1S/C26H33ClN2O5S/c1-6-10-28(21-14(4)8-7-9-16(21)27)24(32)22-26-15(5)11-18(35-26)19(25(33)34)20(26)23(31)29(22)17(12-30)13(2)3/h6-9,13,15,17-20,22,30H,1,10-12H2,2-5H3,(H,33,34)/t15?,17-,18-,19+,20-,22?,26?/m0/s1. The first-order valence-corrected chi connectivity index (χ1v) is 13.3. The van der Waals surface area contributed by atoms with Crippen LogP contribution in [0, 0.1) is 30.6 Å². The van der Waals surface area contributed by atoms with Crippen LogP contribution in [0.25, 0.3) is 0 Å². The Kier molecular flexibility index (Phi) is 7.03. The Morgan fingerprint density at radius 1 is 1.40 bits per heavy atom. The molecule has 1 aromatic carbocycles. The van der Waals surface area contributed by atoms with Gasteiger partial charge in [0.05, 0.1) is 39.9 Å². The minimum Gasteiger partial charge on any atom is -0.481 e. The molecule has 3 fully saturated rings. The van der Waals surface area contributed by atoms with Crippen LogP contribution in [0.2, 0.25) is 5.02 Å². The summed E-state index contributed by atoms with van der Waals surface area (Å²) >= 11 is 8.05. The van der Waals surface area contributed by atoms with Gasteiger partial charge in [-0.05, 0) is 36.8 Å². The van der Waals surface area contributed by atoms with Gasteiger partial charge in [0, 0.05) is 11.8 Å². The molecule has 7 nitrogen and oxygen atoms in total. The lowest BCUT2D eigenvalue weighted by Crippen LogP contribution is -2.60. The van der Waals surface area contributed by atoms with E-state index in [1.807, 2.05) is 39.8 Å². The molecule has 3 saturated heterocycles. The van der Waals surface area contributed by atoms with E-state index in [0.717, 1.165) is 5.56 Å². The Morgan fingerprint density at radius 3 is 2.63 bits per heavy atom. The quantitative estimate of drug-likeness (QED) is 0.508. The van der Waals surface area contributed by atoms with Crippen LogP contribution in [0.5, 0.6) is 0 Å². The van der Waals surface area contributed by atoms with Gasteiger partial charge in [0.1, 0.15) is 6.04 Å². The zero-order valence-electron chi connectivity index (χ0n) is 20.5. The fourth-order valence-corrected chi connectivity index (χ4v) is 9.25. The molecule has 0 radical (unpaired) electrons. The molecule has 0 aliphatic carbocycles. The third-order valence-corrected chi connectivity index (χ3v) is 10.4. The Bertz CT molecular complexity index is 1040. The van der Waals surface area contributed by atoms with Crippen molar-refractivity contribution >= 4 is 46.8 Å². The van der Waals surface area contributed by atoms with E-state index in [0.29, 0.717) is 17.1 Å². The van der Waals surface area contributed by atoms with Crippen LogP contribution in [0.15, 0.2) is 30.9 Å². The van der Waals surface area contributed by atoms with Crippen molar-refractivity contribution in [2.45, 2.75) is 56.2 Å². The molecule has 3 aliphatic heterocycles. The highest BCUT2D eigenvalue weighted by molar-refractivity contribution is 8.02. The predicted molar refractivity (Wildman–Crippen MR) is 138 cm³/mol. The SMILES string of the molecule is C=CCN(C(=O)C1N([C@@H](CO)C(C)C)C(=O)[C@@H]2[C@H](C(=O)O)[C@@H]3CC(C)C12S3)c1c(C)cccc1Cl. The van der Waals surface area contributed by atoms with E-state index >= 15 is 0 Å². The van der Waals surface area contributed by atoms with Gasteiger partial charge in [0.2, 0.25) is 5.91 Å². The van der Waals surface area contributed by atoms with Gasteiger partial charge in [-0.3, -0.25) is 14.4 Å². The van der Waals surface area contributed by atoms with Crippen molar-refractivity contribution in [2.75, 3.05) is 18.1 Å². The van der Waals surface area contributed by atoms with Gasteiger partial charge >= 0.3 is 5.97 Å². The summed E-state index contributed by atoms with van der Waals surface area (Å²) in [4.78, 5) is 44.0. The highest BCUT2D eigenvalue weighted by Crippen LogP contribution is 2.69. The number of aliphatic carboxylic acids is 1. The predicted octanol–water partition coefficient (Wildman–Crippen LogP) is 3.61. The number of aliphatic hydroxyl groups excluding tert-OH is 1. The summed E-state index contributed by atoms with van der Waals surface area (Å²) in [5.74, 6) is -3.53. The van der Waals surface area contributed by atoms with E-state index in [9.17, 15) is 24.6 Å².